The Morgan fingerprint density at radius 2 is 1.96 bits per heavy atom. The lowest BCUT2D eigenvalue weighted by molar-refractivity contribution is 0.0470. The number of ether oxygens (including phenoxy) is 1. The SMILES string of the molecule is Cc1[nH]c2ccccc2c1C(=O)COC(=O)c1cc(Cl)ccc1F. The molecule has 0 aliphatic rings. The Morgan fingerprint density at radius 1 is 1.21 bits per heavy atom. The molecular weight excluding hydrogens is 333 g/mol. The molecule has 4 nitrogen and oxygen atoms in total. The lowest BCUT2D eigenvalue weighted by Crippen LogP contribution is -2.15. The molecule has 0 fully saturated rings. The van der Waals surface area contributed by atoms with E-state index in [1.54, 1.807) is 6.92 Å². The lowest BCUT2D eigenvalue weighted by Gasteiger charge is -2.06. The first-order valence-corrected chi connectivity index (χ1v) is 7.58. The number of carbonyl (C=O) groups is 2. The molecule has 122 valence electrons. The van der Waals surface area contributed by atoms with E-state index in [4.69, 9.17) is 16.3 Å². The van der Waals surface area contributed by atoms with Gasteiger partial charge in [-0.1, -0.05) is 29.8 Å². The number of aromatic amines is 1. The van der Waals surface area contributed by atoms with Gasteiger partial charge in [-0.2, -0.15) is 0 Å². The number of esters is 1. The summed E-state index contributed by atoms with van der Waals surface area (Å²) in [7, 11) is 0. The van der Waals surface area contributed by atoms with Gasteiger partial charge in [0, 0.05) is 27.2 Å². The van der Waals surface area contributed by atoms with Crippen molar-refractivity contribution in [2.45, 2.75) is 6.92 Å². The highest BCUT2D eigenvalue weighted by atomic mass is 35.5. The van der Waals surface area contributed by atoms with E-state index in [1.165, 1.54) is 12.1 Å². The molecule has 0 spiro atoms. The molecule has 0 bridgehead atoms. The zero-order valence-corrected chi connectivity index (χ0v) is 13.5. The Hall–Kier alpha value is -2.66. The van der Waals surface area contributed by atoms with Crippen molar-refractivity contribution in [2.24, 2.45) is 0 Å². The van der Waals surface area contributed by atoms with Gasteiger partial charge in [-0.05, 0) is 31.2 Å². The van der Waals surface area contributed by atoms with E-state index in [2.05, 4.69) is 4.98 Å². The predicted molar refractivity (Wildman–Crippen MR) is 89.1 cm³/mol. The fourth-order valence-electron chi connectivity index (χ4n) is 2.57. The molecule has 0 unspecified atom stereocenters. The van der Waals surface area contributed by atoms with E-state index in [0.717, 1.165) is 17.0 Å². The number of nitrogens with one attached hydrogen (secondary N) is 1. The summed E-state index contributed by atoms with van der Waals surface area (Å²) in [6, 6.07) is 10.9. The third-order valence-electron chi connectivity index (χ3n) is 3.66. The summed E-state index contributed by atoms with van der Waals surface area (Å²) < 4.78 is 18.6. The number of fused-ring (bicyclic) bond motifs is 1. The number of para-hydroxylation sites is 1. The molecule has 6 heteroatoms. The third-order valence-corrected chi connectivity index (χ3v) is 3.89. The van der Waals surface area contributed by atoms with Gasteiger partial charge >= 0.3 is 5.97 Å². The van der Waals surface area contributed by atoms with E-state index in [0.29, 0.717) is 11.3 Å². The number of aromatic nitrogens is 1. The maximum atomic E-state index is 13.6. The van der Waals surface area contributed by atoms with Crippen LogP contribution >= 0.6 is 11.6 Å². The van der Waals surface area contributed by atoms with Crippen LogP contribution in [0.3, 0.4) is 0 Å². The molecule has 0 saturated carbocycles. The number of ketones is 1. The number of hydrogen-bond acceptors (Lipinski definition) is 3. The molecule has 0 radical (unpaired) electrons. The van der Waals surface area contributed by atoms with Crippen LogP contribution in [0.1, 0.15) is 26.4 Å². The summed E-state index contributed by atoms with van der Waals surface area (Å²) in [6.45, 7) is 1.29. The molecule has 0 atom stereocenters. The Kier molecular flexibility index (Phi) is 4.36. The summed E-state index contributed by atoms with van der Waals surface area (Å²) in [6.07, 6.45) is 0. The summed E-state index contributed by atoms with van der Waals surface area (Å²) in [5, 5.41) is 0.965. The van der Waals surface area contributed by atoms with E-state index in [9.17, 15) is 14.0 Å². The maximum absolute atomic E-state index is 13.6. The Balaban J connectivity index is 1.79. The van der Waals surface area contributed by atoms with Crippen molar-refractivity contribution in [3.8, 4) is 0 Å². The van der Waals surface area contributed by atoms with Gasteiger partial charge in [0.05, 0.1) is 5.56 Å². The number of halogens is 2. The highest BCUT2D eigenvalue weighted by Gasteiger charge is 2.19. The summed E-state index contributed by atoms with van der Waals surface area (Å²) in [5.41, 5.74) is 1.67. The van der Waals surface area contributed by atoms with Crippen LogP contribution in [0.2, 0.25) is 5.02 Å². The molecule has 0 aliphatic heterocycles. The smallest absolute Gasteiger partial charge is 0.341 e. The Morgan fingerprint density at radius 3 is 2.75 bits per heavy atom. The van der Waals surface area contributed by atoms with Gasteiger partial charge in [-0.25, -0.2) is 9.18 Å². The van der Waals surface area contributed by atoms with Crippen LogP contribution < -0.4 is 0 Å². The second-order valence-electron chi connectivity index (χ2n) is 5.29. The van der Waals surface area contributed by atoms with Crippen molar-refractivity contribution in [2.75, 3.05) is 6.61 Å². The number of rotatable bonds is 4. The maximum Gasteiger partial charge on any atom is 0.341 e. The Labute approximate surface area is 142 Å². The van der Waals surface area contributed by atoms with Gasteiger partial charge in [0.15, 0.2) is 6.61 Å². The average molecular weight is 346 g/mol. The van der Waals surface area contributed by atoms with E-state index >= 15 is 0 Å². The molecule has 0 amide bonds. The van der Waals surface area contributed by atoms with Crippen LogP contribution in [-0.4, -0.2) is 23.3 Å². The van der Waals surface area contributed by atoms with Crippen molar-refractivity contribution in [1.29, 1.82) is 0 Å². The topological polar surface area (TPSA) is 59.2 Å². The monoisotopic (exact) mass is 345 g/mol. The highest BCUT2D eigenvalue weighted by molar-refractivity contribution is 6.30. The van der Waals surface area contributed by atoms with Crippen LogP contribution in [0.25, 0.3) is 10.9 Å². The van der Waals surface area contributed by atoms with Crippen LogP contribution in [0.15, 0.2) is 42.5 Å². The first kappa shape index (κ1) is 16.2. The number of aryl methyl sites for hydroxylation is 1. The molecule has 1 heterocycles. The molecule has 3 aromatic rings. The zero-order valence-electron chi connectivity index (χ0n) is 12.7. The first-order valence-electron chi connectivity index (χ1n) is 7.20. The second-order valence-corrected chi connectivity index (χ2v) is 5.73. The van der Waals surface area contributed by atoms with E-state index in [1.807, 2.05) is 24.3 Å². The minimum absolute atomic E-state index is 0.210. The summed E-state index contributed by atoms with van der Waals surface area (Å²) >= 11 is 5.75. The van der Waals surface area contributed by atoms with Gasteiger partial charge in [0.25, 0.3) is 0 Å². The summed E-state index contributed by atoms with van der Waals surface area (Å²) in [4.78, 5) is 27.5. The Bertz CT molecular complexity index is 949. The molecular formula is C18H13ClFNO3. The number of Topliss-reactive ketones (excluding diaryl/α,β-unsaturated/α-hetero) is 1. The number of carbonyl (C=O) groups excluding carboxylic acids is 2. The number of H-pyrrole nitrogens is 1. The van der Waals surface area contributed by atoms with Crippen molar-refractivity contribution < 1.29 is 18.7 Å². The molecule has 0 saturated heterocycles. The third kappa shape index (κ3) is 3.03. The van der Waals surface area contributed by atoms with Crippen molar-refractivity contribution in [1.82, 2.24) is 4.98 Å². The van der Waals surface area contributed by atoms with E-state index in [-0.39, 0.29) is 16.4 Å². The van der Waals surface area contributed by atoms with Crippen molar-refractivity contribution in [3.63, 3.8) is 0 Å². The minimum Gasteiger partial charge on any atom is -0.454 e. The molecule has 24 heavy (non-hydrogen) atoms. The van der Waals surface area contributed by atoms with E-state index < -0.39 is 18.4 Å². The molecule has 2 aromatic carbocycles. The van der Waals surface area contributed by atoms with Crippen LogP contribution in [0.4, 0.5) is 4.39 Å². The van der Waals surface area contributed by atoms with Gasteiger partial charge < -0.3 is 9.72 Å². The number of benzene rings is 2. The molecule has 1 N–H and O–H groups in total. The predicted octanol–water partition coefficient (Wildman–Crippen LogP) is 4.31. The lowest BCUT2D eigenvalue weighted by atomic mass is 10.1. The average Bonchev–Trinajstić information content (AvgIpc) is 2.90. The van der Waals surface area contributed by atoms with Crippen LogP contribution in [-0.2, 0) is 4.74 Å². The number of hydrogen-bond donors (Lipinski definition) is 1. The minimum atomic E-state index is -0.930. The fourth-order valence-corrected chi connectivity index (χ4v) is 2.74. The first-order chi connectivity index (χ1) is 11.5. The highest BCUT2D eigenvalue weighted by Crippen LogP contribution is 2.22. The normalized spacial score (nSPS) is 10.8. The van der Waals surface area contributed by atoms with Crippen molar-refractivity contribution >= 4 is 34.3 Å². The standard InChI is InChI=1S/C18H13ClFNO3/c1-10-17(12-4-2-3-5-15(12)21-10)16(22)9-24-18(23)13-8-11(19)6-7-14(13)20/h2-8,21H,9H2,1H3. The molecule has 1 aromatic heterocycles. The molecule has 0 aliphatic carbocycles. The summed E-state index contributed by atoms with van der Waals surface area (Å²) in [5.74, 6) is -2.04. The van der Waals surface area contributed by atoms with Crippen LogP contribution in [0.5, 0.6) is 0 Å². The van der Waals surface area contributed by atoms with Crippen LogP contribution in [0, 0.1) is 12.7 Å². The largest absolute Gasteiger partial charge is 0.454 e. The quantitative estimate of drug-likeness (QED) is 0.566. The zero-order chi connectivity index (χ0) is 17.3. The second kappa shape index (κ2) is 6.45. The van der Waals surface area contributed by atoms with Crippen molar-refractivity contribution in [3.05, 3.63) is 70.1 Å². The van der Waals surface area contributed by atoms with Gasteiger partial charge in [0.2, 0.25) is 5.78 Å². The van der Waals surface area contributed by atoms with Gasteiger partial charge in [-0.15, -0.1) is 0 Å². The molecule has 3 rings (SSSR count). The van der Waals surface area contributed by atoms with Gasteiger partial charge in [0.1, 0.15) is 5.82 Å². The van der Waals surface area contributed by atoms with Gasteiger partial charge in [-0.3, -0.25) is 4.79 Å². The fraction of sp³-hybridized carbons (Fsp3) is 0.111.